The van der Waals surface area contributed by atoms with Crippen molar-refractivity contribution in [3.63, 3.8) is 0 Å². The second-order valence-electron chi connectivity index (χ2n) is 3.42. The predicted octanol–water partition coefficient (Wildman–Crippen LogP) is 2.21. The summed E-state index contributed by atoms with van der Waals surface area (Å²) >= 11 is 0. The number of aryl methyl sites for hydroxylation is 1. The molecule has 1 atom stereocenters. The Kier molecular flexibility index (Phi) is 2.12. The molecule has 0 bridgehead atoms. The number of aromatic nitrogens is 2. The molecule has 76 valence electrons. The lowest BCUT2D eigenvalue weighted by Crippen LogP contribution is -1.95. The van der Waals surface area contributed by atoms with Crippen LogP contribution >= 0.6 is 10.8 Å². The number of nitrogens with zero attached hydrogens (tertiary/aromatic N) is 2. The van der Waals surface area contributed by atoms with Crippen LogP contribution in [-0.2, 0) is 16.0 Å². The summed E-state index contributed by atoms with van der Waals surface area (Å²) in [5.74, 6) is 0.775. The summed E-state index contributed by atoms with van der Waals surface area (Å²) in [7, 11) is 0.540. The zero-order valence-corrected chi connectivity index (χ0v) is 9.69. The fraction of sp³-hybridized carbons (Fsp3) is 0.200. The Bertz CT molecular complexity index is 544. The normalized spacial score (nSPS) is 19.5. The van der Waals surface area contributed by atoms with Gasteiger partial charge in [-0.1, -0.05) is 0 Å². The van der Waals surface area contributed by atoms with Gasteiger partial charge in [-0.05, 0) is 19.1 Å². The lowest BCUT2D eigenvalue weighted by Gasteiger charge is -2.03. The third-order valence-electron chi connectivity index (χ3n) is 2.39. The minimum absolute atomic E-state index is 0.775. The van der Waals surface area contributed by atoms with Crippen LogP contribution in [0.5, 0.6) is 0 Å². The van der Waals surface area contributed by atoms with Crippen LogP contribution in [0, 0.1) is 6.92 Å². The van der Waals surface area contributed by atoms with Crippen LogP contribution in [-0.4, -0.2) is 14.5 Å². The lowest BCUT2D eigenvalue weighted by atomic mass is 10.2. The highest BCUT2D eigenvalue weighted by molar-refractivity contribution is 8.72. The molecule has 2 aromatic rings. The zero-order valence-electron chi connectivity index (χ0n) is 8.06. The minimum Gasteiger partial charge on any atom is -0.600 e. The Morgan fingerprint density at radius 3 is 3.20 bits per heavy atom. The van der Waals surface area contributed by atoms with Crippen molar-refractivity contribution in [1.29, 1.82) is 0 Å². The molecule has 0 saturated carbocycles. The Morgan fingerprint density at radius 2 is 2.33 bits per heavy atom. The van der Waals surface area contributed by atoms with E-state index in [0.29, 0.717) is 0 Å². The SMILES string of the molecule is Cc1cnc2ccc3c(c2n1)CS[S+]3[O-]. The van der Waals surface area contributed by atoms with Gasteiger partial charge in [0.1, 0.15) is 10.8 Å². The van der Waals surface area contributed by atoms with E-state index in [1.165, 1.54) is 10.8 Å². The van der Waals surface area contributed by atoms with Crippen molar-refractivity contribution in [1.82, 2.24) is 9.97 Å². The standard InChI is InChI=1S/C10H8N2OS2/c1-6-4-11-8-2-3-9-7(10(8)12-6)5-14-15(9)13/h2-4H,5H2,1H3. The number of benzene rings is 1. The molecule has 5 heteroatoms. The monoisotopic (exact) mass is 236 g/mol. The molecule has 1 aromatic carbocycles. The second-order valence-corrected chi connectivity index (χ2v) is 6.47. The summed E-state index contributed by atoms with van der Waals surface area (Å²) in [4.78, 5) is 9.69. The van der Waals surface area contributed by atoms with E-state index in [1.807, 2.05) is 19.1 Å². The average Bonchev–Trinajstić information content (AvgIpc) is 2.61. The largest absolute Gasteiger partial charge is 0.600 e. The van der Waals surface area contributed by atoms with Crippen LogP contribution in [0.25, 0.3) is 11.0 Å². The Labute approximate surface area is 93.9 Å². The van der Waals surface area contributed by atoms with E-state index in [9.17, 15) is 4.55 Å². The molecule has 1 unspecified atom stereocenters. The van der Waals surface area contributed by atoms with Crippen molar-refractivity contribution < 1.29 is 4.55 Å². The fourth-order valence-electron chi connectivity index (χ4n) is 1.67. The summed E-state index contributed by atoms with van der Waals surface area (Å²) < 4.78 is 11.6. The first-order chi connectivity index (χ1) is 7.25. The molecule has 15 heavy (non-hydrogen) atoms. The van der Waals surface area contributed by atoms with E-state index in [0.717, 1.165) is 32.9 Å². The van der Waals surface area contributed by atoms with Gasteiger partial charge in [0.05, 0.1) is 38.3 Å². The molecule has 0 fully saturated rings. The number of hydrogen-bond acceptors (Lipinski definition) is 4. The van der Waals surface area contributed by atoms with E-state index in [1.54, 1.807) is 6.20 Å². The van der Waals surface area contributed by atoms with Crippen molar-refractivity contribution in [3.05, 3.63) is 29.6 Å². The zero-order chi connectivity index (χ0) is 10.4. The van der Waals surface area contributed by atoms with Crippen LogP contribution in [0.4, 0.5) is 0 Å². The van der Waals surface area contributed by atoms with E-state index in [-0.39, 0.29) is 0 Å². The van der Waals surface area contributed by atoms with Crippen molar-refractivity contribution in [2.75, 3.05) is 0 Å². The van der Waals surface area contributed by atoms with Gasteiger partial charge in [0.15, 0.2) is 4.90 Å². The molecule has 2 heterocycles. The van der Waals surface area contributed by atoms with Crippen molar-refractivity contribution in [3.8, 4) is 0 Å². The quantitative estimate of drug-likeness (QED) is 0.520. The Balaban J connectivity index is 2.37. The van der Waals surface area contributed by atoms with Crippen LogP contribution in [0.3, 0.4) is 0 Å². The molecule has 0 radical (unpaired) electrons. The van der Waals surface area contributed by atoms with E-state index >= 15 is 0 Å². The van der Waals surface area contributed by atoms with Crippen LogP contribution in [0.1, 0.15) is 11.3 Å². The fourth-order valence-corrected chi connectivity index (χ4v) is 4.48. The van der Waals surface area contributed by atoms with Crippen LogP contribution in [0.2, 0.25) is 0 Å². The van der Waals surface area contributed by atoms with Crippen LogP contribution < -0.4 is 0 Å². The molecule has 0 aliphatic carbocycles. The third kappa shape index (κ3) is 1.42. The Hall–Kier alpha value is -0.780. The molecule has 0 spiro atoms. The molecule has 0 N–H and O–H groups in total. The highest BCUT2D eigenvalue weighted by Gasteiger charge is 2.29. The first-order valence-electron chi connectivity index (χ1n) is 4.56. The first kappa shape index (κ1) is 9.45. The van der Waals surface area contributed by atoms with Gasteiger partial charge in [-0.25, -0.2) is 4.98 Å². The van der Waals surface area contributed by atoms with Crippen LogP contribution in [0.15, 0.2) is 23.2 Å². The summed E-state index contributed by atoms with van der Waals surface area (Å²) in [6, 6.07) is 3.79. The highest BCUT2D eigenvalue weighted by Crippen LogP contribution is 2.40. The Morgan fingerprint density at radius 1 is 1.47 bits per heavy atom. The first-order valence-corrected chi connectivity index (χ1v) is 7.21. The maximum absolute atomic E-state index is 11.6. The smallest absolute Gasteiger partial charge is 0.172 e. The molecular weight excluding hydrogens is 228 g/mol. The van der Waals surface area contributed by atoms with E-state index in [2.05, 4.69) is 9.97 Å². The van der Waals surface area contributed by atoms with Gasteiger partial charge in [0.2, 0.25) is 0 Å². The van der Waals surface area contributed by atoms with Gasteiger partial charge in [-0.15, -0.1) is 0 Å². The third-order valence-corrected chi connectivity index (χ3v) is 5.28. The van der Waals surface area contributed by atoms with E-state index < -0.39 is 10.2 Å². The maximum atomic E-state index is 11.6. The van der Waals surface area contributed by atoms with Gasteiger partial charge in [0, 0.05) is 6.20 Å². The predicted molar refractivity (Wildman–Crippen MR) is 62.0 cm³/mol. The molecule has 0 amide bonds. The van der Waals surface area contributed by atoms with Gasteiger partial charge < -0.3 is 4.55 Å². The van der Waals surface area contributed by atoms with Gasteiger partial charge in [-0.3, -0.25) is 4.98 Å². The number of fused-ring (bicyclic) bond motifs is 3. The van der Waals surface area contributed by atoms with E-state index in [4.69, 9.17) is 0 Å². The van der Waals surface area contributed by atoms with Gasteiger partial charge in [0.25, 0.3) is 0 Å². The highest BCUT2D eigenvalue weighted by atomic mass is 33.1. The molecule has 1 aliphatic rings. The minimum atomic E-state index is -0.912. The topological polar surface area (TPSA) is 48.8 Å². The average molecular weight is 236 g/mol. The summed E-state index contributed by atoms with van der Waals surface area (Å²) in [6.45, 7) is 1.92. The molecule has 1 aromatic heterocycles. The molecular formula is C10H8N2OS2. The number of hydrogen-bond donors (Lipinski definition) is 0. The summed E-state index contributed by atoms with van der Waals surface area (Å²) in [5, 5.41) is 0. The second kappa shape index (κ2) is 3.37. The number of rotatable bonds is 0. The summed E-state index contributed by atoms with van der Waals surface area (Å²) in [6.07, 6.45) is 1.76. The van der Waals surface area contributed by atoms with Crippen molar-refractivity contribution >= 4 is 32.0 Å². The van der Waals surface area contributed by atoms with Crippen molar-refractivity contribution in [2.45, 2.75) is 17.6 Å². The lowest BCUT2D eigenvalue weighted by molar-refractivity contribution is 0.610. The van der Waals surface area contributed by atoms with Gasteiger partial charge in [-0.2, -0.15) is 0 Å². The molecule has 3 rings (SSSR count). The maximum Gasteiger partial charge on any atom is 0.172 e. The molecule has 3 nitrogen and oxygen atoms in total. The summed E-state index contributed by atoms with van der Waals surface area (Å²) in [5.41, 5.74) is 3.79. The molecule has 1 aliphatic heterocycles. The van der Waals surface area contributed by atoms with Gasteiger partial charge >= 0.3 is 0 Å². The van der Waals surface area contributed by atoms with Crippen molar-refractivity contribution in [2.24, 2.45) is 0 Å². The molecule has 0 saturated heterocycles.